The zero-order valence-corrected chi connectivity index (χ0v) is 11.3. The molecule has 16 heavy (non-hydrogen) atoms. The third-order valence-electron chi connectivity index (χ3n) is 4.14. The Bertz CT molecular complexity index is 185. The highest BCUT2D eigenvalue weighted by atomic mass is 16.3. The van der Waals surface area contributed by atoms with Gasteiger partial charge in [0.1, 0.15) is 0 Å². The second-order valence-corrected chi connectivity index (χ2v) is 6.01. The van der Waals surface area contributed by atoms with E-state index >= 15 is 0 Å². The molecule has 96 valence electrons. The summed E-state index contributed by atoms with van der Waals surface area (Å²) >= 11 is 0. The summed E-state index contributed by atoms with van der Waals surface area (Å²) in [4.78, 5) is 0. The highest BCUT2D eigenvalue weighted by Gasteiger charge is 2.34. The Labute approximate surface area is 101 Å². The fourth-order valence-electron chi connectivity index (χ4n) is 2.95. The number of rotatable bonds is 7. The van der Waals surface area contributed by atoms with E-state index < -0.39 is 0 Å². The Hall–Kier alpha value is -0.0800. The van der Waals surface area contributed by atoms with E-state index in [9.17, 15) is 0 Å². The van der Waals surface area contributed by atoms with E-state index in [1.165, 1.54) is 32.1 Å². The molecule has 1 fully saturated rings. The van der Waals surface area contributed by atoms with Crippen LogP contribution in [0.15, 0.2) is 0 Å². The Balaban J connectivity index is 2.30. The summed E-state index contributed by atoms with van der Waals surface area (Å²) in [5, 5.41) is 12.8. The van der Waals surface area contributed by atoms with Crippen LogP contribution in [0.3, 0.4) is 0 Å². The Kier molecular flexibility index (Phi) is 5.77. The SMILES string of the molecule is CCCC(CCO)CNC1CCCC1(C)C. The number of aliphatic hydroxyl groups is 1. The van der Waals surface area contributed by atoms with Gasteiger partial charge < -0.3 is 10.4 Å². The minimum atomic E-state index is 0.334. The molecular weight excluding hydrogens is 198 g/mol. The first kappa shape index (κ1) is 14.0. The zero-order chi connectivity index (χ0) is 12.0. The third kappa shape index (κ3) is 4.06. The molecule has 0 saturated heterocycles. The zero-order valence-electron chi connectivity index (χ0n) is 11.3. The van der Waals surface area contributed by atoms with Crippen molar-refractivity contribution >= 4 is 0 Å². The molecule has 2 nitrogen and oxygen atoms in total. The van der Waals surface area contributed by atoms with Gasteiger partial charge in [0.25, 0.3) is 0 Å². The second-order valence-electron chi connectivity index (χ2n) is 6.01. The van der Waals surface area contributed by atoms with Crippen LogP contribution in [-0.2, 0) is 0 Å². The second kappa shape index (κ2) is 6.61. The maximum atomic E-state index is 9.03. The van der Waals surface area contributed by atoms with Crippen LogP contribution in [-0.4, -0.2) is 24.3 Å². The monoisotopic (exact) mass is 227 g/mol. The van der Waals surface area contributed by atoms with Gasteiger partial charge in [0.05, 0.1) is 0 Å². The predicted octanol–water partition coefficient (Wildman–Crippen LogP) is 2.95. The predicted molar refractivity (Wildman–Crippen MR) is 69.5 cm³/mol. The van der Waals surface area contributed by atoms with Crippen molar-refractivity contribution in [2.24, 2.45) is 11.3 Å². The lowest BCUT2D eigenvalue weighted by Gasteiger charge is -2.29. The van der Waals surface area contributed by atoms with Crippen molar-refractivity contribution in [3.63, 3.8) is 0 Å². The summed E-state index contributed by atoms with van der Waals surface area (Å²) in [6.45, 7) is 8.39. The molecule has 0 aromatic carbocycles. The van der Waals surface area contributed by atoms with E-state index in [-0.39, 0.29) is 0 Å². The van der Waals surface area contributed by atoms with Crippen LogP contribution >= 0.6 is 0 Å². The van der Waals surface area contributed by atoms with Crippen LogP contribution in [0, 0.1) is 11.3 Å². The lowest BCUT2D eigenvalue weighted by atomic mass is 9.87. The van der Waals surface area contributed by atoms with Gasteiger partial charge in [-0.2, -0.15) is 0 Å². The van der Waals surface area contributed by atoms with Crippen LogP contribution in [0.5, 0.6) is 0 Å². The standard InChI is InChI=1S/C14H29NO/c1-4-6-12(8-10-16)11-15-13-7-5-9-14(13,2)3/h12-13,15-16H,4-11H2,1-3H3. The fraction of sp³-hybridized carbons (Fsp3) is 1.00. The molecule has 1 rings (SSSR count). The molecule has 1 aliphatic carbocycles. The largest absolute Gasteiger partial charge is 0.396 e. The Morgan fingerprint density at radius 1 is 1.38 bits per heavy atom. The van der Waals surface area contributed by atoms with Crippen molar-refractivity contribution < 1.29 is 5.11 Å². The van der Waals surface area contributed by atoms with E-state index in [4.69, 9.17) is 5.11 Å². The molecule has 0 radical (unpaired) electrons. The number of aliphatic hydroxyl groups excluding tert-OH is 1. The molecule has 0 bridgehead atoms. The first-order chi connectivity index (χ1) is 7.60. The number of hydrogen-bond acceptors (Lipinski definition) is 2. The van der Waals surface area contributed by atoms with Crippen LogP contribution in [0.4, 0.5) is 0 Å². The molecule has 1 aliphatic rings. The maximum absolute atomic E-state index is 9.03. The highest BCUT2D eigenvalue weighted by Crippen LogP contribution is 2.37. The lowest BCUT2D eigenvalue weighted by molar-refractivity contribution is 0.228. The Morgan fingerprint density at radius 3 is 2.62 bits per heavy atom. The van der Waals surface area contributed by atoms with Gasteiger partial charge in [-0.25, -0.2) is 0 Å². The molecule has 2 heteroatoms. The third-order valence-corrected chi connectivity index (χ3v) is 4.14. The highest BCUT2D eigenvalue weighted by molar-refractivity contribution is 4.90. The lowest BCUT2D eigenvalue weighted by Crippen LogP contribution is -2.40. The molecule has 0 aromatic heterocycles. The smallest absolute Gasteiger partial charge is 0.0434 e. The van der Waals surface area contributed by atoms with Crippen molar-refractivity contribution in [3.05, 3.63) is 0 Å². The molecule has 0 spiro atoms. The Morgan fingerprint density at radius 2 is 2.12 bits per heavy atom. The van der Waals surface area contributed by atoms with Gasteiger partial charge in [-0.1, -0.05) is 33.6 Å². The molecule has 0 aromatic rings. The molecule has 2 N–H and O–H groups in total. The average molecular weight is 227 g/mol. The van der Waals surface area contributed by atoms with Gasteiger partial charge in [0.2, 0.25) is 0 Å². The molecule has 0 heterocycles. The van der Waals surface area contributed by atoms with Crippen molar-refractivity contribution in [1.29, 1.82) is 0 Å². The van der Waals surface area contributed by atoms with Gasteiger partial charge >= 0.3 is 0 Å². The summed E-state index contributed by atoms with van der Waals surface area (Å²) in [5.74, 6) is 0.659. The normalized spacial score (nSPS) is 25.9. The maximum Gasteiger partial charge on any atom is 0.0434 e. The average Bonchev–Trinajstić information content (AvgIpc) is 2.55. The van der Waals surface area contributed by atoms with Crippen LogP contribution < -0.4 is 5.32 Å². The van der Waals surface area contributed by atoms with Crippen molar-refractivity contribution in [2.45, 2.75) is 65.3 Å². The van der Waals surface area contributed by atoms with Gasteiger partial charge in [-0.3, -0.25) is 0 Å². The van der Waals surface area contributed by atoms with Crippen LogP contribution in [0.2, 0.25) is 0 Å². The minimum Gasteiger partial charge on any atom is -0.396 e. The van der Waals surface area contributed by atoms with Gasteiger partial charge in [-0.15, -0.1) is 0 Å². The quantitative estimate of drug-likeness (QED) is 0.701. The molecular formula is C14H29NO. The van der Waals surface area contributed by atoms with Crippen molar-refractivity contribution in [2.75, 3.05) is 13.2 Å². The van der Waals surface area contributed by atoms with E-state index in [0.717, 1.165) is 13.0 Å². The summed E-state index contributed by atoms with van der Waals surface area (Å²) in [5.41, 5.74) is 0.468. The molecule has 0 aliphatic heterocycles. The summed E-state index contributed by atoms with van der Waals surface area (Å²) in [6.07, 6.45) is 7.45. The van der Waals surface area contributed by atoms with E-state index in [1.807, 2.05) is 0 Å². The molecule has 1 saturated carbocycles. The van der Waals surface area contributed by atoms with Gasteiger partial charge in [0, 0.05) is 12.6 Å². The fourth-order valence-corrected chi connectivity index (χ4v) is 2.95. The first-order valence-electron chi connectivity index (χ1n) is 6.94. The van der Waals surface area contributed by atoms with E-state index in [1.54, 1.807) is 0 Å². The van der Waals surface area contributed by atoms with E-state index in [0.29, 0.717) is 24.0 Å². The molecule has 0 amide bonds. The van der Waals surface area contributed by atoms with Gasteiger partial charge in [0.15, 0.2) is 0 Å². The van der Waals surface area contributed by atoms with E-state index in [2.05, 4.69) is 26.1 Å². The van der Waals surface area contributed by atoms with Crippen LogP contribution in [0.25, 0.3) is 0 Å². The number of nitrogens with one attached hydrogen (secondary N) is 1. The number of hydrogen-bond donors (Lipinski definition) is 2. The molecule has 2 atom stereocenters. The topological polar surface area (TPSA) is 32.3 Å². The van der Waals surface area contributed by atoms with Gasteiger partial charge in [-0.05, 0) is 43.6 Å². The van der Waals surface area contributed by atoms with Crippen molar-refractivity contribution in [1.82, 2.24) is 5.32 Å². The molecule has 2 unspecified atom stereocenters. The summed E-state index contributed by atoms with van der Waals surface area (Å²) in [6, 6.07) is 0.686. The minimum absolute atomic E-state index is 0.334. The van der Waals surface area contributed by atoms with Crippen LogP contribution in [0.1, 0.15) is 59.3 Å². The first-order valence-corrected chi connectivity index (χ1v) is 6.94. The summed E-state index contributed by atoms with van der Waals surface area (Å²) in [7, 11) is 0. The summed E-state index contributed by atoms with van der Waals surface area (Å²) < 4.78 is 0. The van der Waals surface area contributed by atoms with Crippen molar-refractivity contribution in [3.8, 4) is 0 Å².